The molecule has 3 nitrogen and oxygen atoms in total. The van der Waals surface area contributed by atoms with Crippen LogP contribution in [0.3, 0.4) is 0 Å². The third-order valence-electron chi connectivity index (χ3n) is 11.0. The van der Waals surface area contributed by atoms with E-state index in [4.69, 9.17) is 9.97 Å². The first kappa shape index (κ1) is 31.2. The normalized spacial score (nSPS) is 11.6. The molecular weight excluding hydrogens is 667 g/mol. The fourth-order valence-corrected chi connectivity index (χ4v) is 8.29. The number of aromatic nitrogens is 3. The van der Waals surface area contributed by atoms with Crippen molar-refractivity contribution < 1.29 is 0 Å². The average molecular weight is 700 g/mol. The molecule has 0 aliphatic carbocycles. The van der Waals surface area contributed by atoms with Gasteiger partial charge in [0, 0.05) is 33.2 Å². The lowest BCUT2D eigenvalue weighted by molar-refractivity contribution is 1.16. The molecule has 0 amide bonds. The second-order valence-corrected chi connectivity index (χ2v) is 14.2. The fraction of sp³-hybridized carbons (Fsp3) is 0. The molecule has 0 spiro atoms. The van der Waals surface area contributed by atoms with Crippen LogP contribution in [0.5, 0.6) is 0 Å². The van der Waals surface area contributed by atoms with E-state index in [-0.39, 0.29) is 0 Å². The van der Waals surface area contributed by atoms with Crippen LogP contribution in [0.1, 0.15) is 0 Å². The molecule has 55 heavy (non-hydrogen) atoms. The highest BCUT2D eigenvalue weighted by atomic mass is 15.0. The highest BCUT2D eigenvalue weighted by molar-refractivity contribution is 6.21. The maximum absolute atomic E-state index is 5.07. The third kappa shape index (κ3) is 5.28. The Labute approximate surface area is 318 Å². The van der Waals surface area contributed by atoms with E-state index < -0.39 is 0 Å². The van der Waals surface area contributed by atoms with Crippen molar-refractivity contribution in [3.8, 4) is 50.7 Å². The van der Waals surface area contributed by atoms with Crippen molar-refractivity contribution in [2.45, 2.75) is 0 Å². The van der Waals surface area contributed by atoms with Crippen molar-refractivity contribution in [2.75, 3.05) is 0 Å². The summed E-state index contributed by atoms with van der Waals surface area (Å²) < 4.78 is 2.38. The minimum atomic E-state index is 0.704. The lowest BCUT2D eigenvalue weighted by Gasteiger charge is -2.12. The van der Waals surface area contributed by atoms with Crippen LogP contribution in [0.2, 0.25) is 0 Å². The summed E-state index contributed by atoms with van der Waals surface area (Å²) in [4.78, 5) is 10.1. The summed E-state index contributed by atoms with van der Waals surface area (Å²) in [5.41, 5.74) is 10.8. The first-order valence-electron chi connectivity index (χ1n) is 18.7. The van der Waals surface area contributed by atoms with Gasteiger partial charge in [0.25, 0.3) is 0 Å². The number of benzene rings is 9. The summed E-state index contributed by atoms with van der Waals surface area (Å²) in [6.45, 7) is 0. The maximum atomic E-state index is 5.07. The number of para-hydroxylation sites is 1. The first-order chi connectivity index (χ1) is 27.2. The van der Waals surface area contributed by atoms with Crippen LogP contribution >= 0.6 is 0 Å². The van der Waals surface area contributed by atoms with Gasteiger partial charge in [-0.1, -0.05) is 146 Å². The van der Waals surface area contributed by atoms with E-state index in [1.54, 1.807) is 0 Å². The molecule has 0 aliphatic rings. The summed E-state index contributed by atoms with van der Waals surface area (Å²) in [5, 5.41) is 10.1. The van der Waals surface area contributed by atoms with E-state index in [0.29, 0.717) is 5.82 Å². The molecule has 0 unspecified atom stereocenters. The van der Waals surface area contributed by atoms with Gasteiger partial charge in [0.15, 0.2) is 5.82 Å². The van der Waals surface area contributed by atoms with Crippen LogP contribution in [-0.4, -0.2) is 14.5 Å². The largest absolute Gasteiger partial charge is 0.309 e. The molecular formula is C52H33N3. The molecule has 11 aromatic rings. The lowest BCUT2D eigenvalue weighted by Crippen LogP contribution is -1.97. The van der Waals surface area contributed by atoms with Gasteiger partial charge in [-0.3, -0.25) is 0 Å². The van der Waals surface area contributed by atoms with Gasteiger partial charge in [-0.15, -0.1) is 0 Å². The van der Waals surface area contributed by atoms with Gasteiger partial charge >= 0.3 is 0 Å². The van der Waals surface area contributed by atoms with E-state index >= 15 is 0 Å². The number of hydrogen-bond acceptors (Lipinski definition) is 2. The fourth-order valence-electron chi connectivity index (χ4n) is 8.29. The van der Waals surface area contributed by atoms with E-state index in [9.17, 15) is 0 Å². The minimum Gasteiger partial charge on any atom is -0.309 e. The predicted molar refractivity (Wildman–Crippen MR) is 231 cm³/mol. The standard InChI is InChI=1S/C52H33N3/c1-3-12-36(13-4-1)47-33-48(37-14-5-2-6-15-37)54-52(53-47)38-23-27-42(28-24-38)55-49-18-10-9-17-45(49)51-44-29-25-39(31-41(44)26-30-50(51)55)40-22-21-35-20-19-34-11-7-8-16-43(34)46(35)32-40/h1-33H. The summed E-state index contributed by atoms with van der Waals surface area (Å²) >= 11 is 0. The quantitative estimate of drug-likeness (QED) is 0.167. The Bertz CT molecular complexity index is 3180. The molecule has 0 aliphatic heterocycles. The highest BCUT2D eigenvalue weighted by Crippen LogP contribution is 2.39. The van der Waals surface area contributed by atoms with Crippen LogP contribution in [0.4, 0.5) is 0 Å². The molecule has 0 radical (unpaired) electrons. The van der Waals surface area contributed by atoms with E-state index in [2.05, 4.69) is 168 Å². The number of rotatable bonds is 5. The second kappa shape index (κ2) is 12.6. The van der Waals surface area contributed by atoms with Crippen LogP contribution in [-0.2, 0) is 0 Å². The zero-order valence-corrected chi connectivity index (χ0v) is 29.9. The molecule has 3 heteroatoms. The SMILES string of the molecule is c1ccc(-c2cc(-c3ccccc3)nc(-c3ccc(-n4c5ccccc5c5c6ccc(-c7ccc8ccc9ccccc9c8c7)cc6ccc54)cc3)n2)cc1. The molecule has 0 fully saturated rings. The van der Waals surface area contributed by atoms with Crippen molar-refractivity contribution in [3.05, 3.63) is 200 Å². The van der Waals surface area contributed by atoms with E-state index in [1.807, 2.05) is 36.4 Å². The van der Waals surface area contributed by atoms with Crippen molar-refractivity contribution in [2.24, 2.45) is 0 Å². The Morgan fingerprint density at radius 2 is 0.873 bits per heavy atom. The molecule has 9 aromatic carbocycles. The van der Waals surface area contributed by atoms with Gasteiger partial charge in [-0.25, -0.2) is 9.97 Å². The molecule has 256 valence electrons. The van der Waals surface area contributed by atoms with Crippen molar-refractivity contribution in [1.82, 2.24) is 14.5 Å². The molecule has 2 heterocycles. The Hall–Kier alpha value is -7.36. The molecule has 2 aromatic heterocycles. The van der Waals surface area contributed by atoms with Crippen molar-refractivity contribution >= 4 is 54.1 Å². The highest BCUT2D eigenvalue weighted by Gasteiger charge is 2.17. The van der Waals surface area contributed by atoms with Crippen LogP contribution < -0.4 is 0 Å². The summed E-state index contributed by atoms with van der Waals surface area (Å²) in [6.07, 6.45) is 0. The Morgan fingerprint density at radius 3 is 1.62 bits per heavy atom. The monoisotopic (exact) mass is 699 g/mol. The minimum absolute atomic E-state index is 0.704. The van der Waals surface area contributed by atoms with Gasteiger partial charge in [0.05, 0.1) is 22.4 Å². The second-order valence-electron chi connectivity index (χ2n) is 14.2. The average Bonchev–Trinajstić information content (AvgIpc) is 3.61. The van der Waals surface area contributed by atoms with Gasteiger partial charge in [-0.2, -0.15) is 0 Å². The van der Waals surface area contributed by atoms with Crippen molar-refractivity contribution in [1.29, 1.82) is 0 Å². The van der Waals surface area contributed by atoms with Crippen LogP contribution in [0, 0.1) is 0 Å². The van der Waals surface area contributed by atoms with Gasteiger partial charge in [0.2, 0.25) is 0 Å². The number of hydrogen-bond donors (Lipinski definition) is 0. The van der Waals surface area contributed by atoms with Crippen molar-refractivity contribution in [3.63, 3.8) is 0 Å². The molecule has 0 saturated carbocycles. The summed E-state index contributed by atoms with van der Waals surface area (Å²) in [7, 11) is 0. The van der Waals surface area contributed by atoms with Gasteiger partial charge in [0.1, 0.15) is 0 Å². The van der Waals surface area contributed by atoms with Gasteiger partial charge < -0.3 is 4.57 Å². The zero-order chi connectivity index (χ0) is 36.3. The number of nitrogens with zero attached hydrogens (tertiary/aromatic N) is 3. The number of fused-ring (bicyclic) bond motifs is 8. The Balaban J connectivity index is 1.02. The lowest BCUT2D eigenvalue weighted by atomic mass is 9.95. The molecule has 0 bridgehead atoms. The Kier molecular flexibility index (Phi) is 7.17. The van der Waals surface area contributed by atoms with Crippen LogP contribution in [0.15, 0.2) is 200 Å². The first-order valence-corrected chi connectivity index (χ1v) is 18.7. The molecule has 11 rings (SSSR count). The summed E-state index contributed by atoms with van der Waals surface area (Å²) in [5.74, 6) is 0.704. The summed E-state index contributed by atoms with van der Waals surface area (Å²) in [6, 6.07) is 71.6. The zero-order valence-electron chi connectivity index (χ0n) is 29.9. The molecule has 0 N–H and O–H groups in total. The van der Waals surface area contributed by atoms with Gasteiger partial charge in [-0.05, 0) is 98.0 Å². The van der Waals surface area contributed by atoms with E-state index in [0.717, 1.165) is 33.8 Å². The van der Waals surface area contributed by atoms with E-state index in [1.165, 1.54) is 65.3 Å². The topological polar surface area (TPSA) is 30.7 Å². The third-order valence-corrected chi connectivity index (χ3v) is 11.0. The smallest absolute Gasteiger partial charge is 0.160 e. The van der Waals surface area contributed by atoms with Crippen LogP contribution in [0.25, 0.3) is 105 Å². The Morgan fingerprint density at radius 1 is 0.309 bits per heavy atom. The maximum Gasteiger partial charge on any atom is 0.160 e. The molecule has 0 atom stereocenters. The predicted octanol–water partition coefficient (Wildman–Crippen LogP) is 13.7. The molecule has 0 saturated heterocycles.